The molecule has 1 aliphatic carbocycles. The van der Waals surface area contributed by atoms with Crippen molar-refractivity contribution in [1.29, 1.82) is 0 Å². The minimum Gasteiger partial charge on any atom is -0.369 e. The van der Waals surface area contributed by atoms with Gasteiger partial charge in [0, 0.05) is 12.3 Å². The summed E-state index contributed by atoms with van der Waals surface area (Å²) < 4.78 is 7.88. The van der Waals surface area contributed by atoms with Crippen LogP contribution >= 0.6 is 31.7 Å². The first-order valence-corrected chi connectivity index (χ1v) is 12.1. The molecule has 0 bridgehead atoms. The molecule has 2 aromatic rings. The van der Waals surface area contributed by atoms with Crippen molar-refractivity contribution in [3.63, 3.8) is 0 Å². The zero-order valence-corrected chi connectivity index (χ0v) is 17.3. The van der Waals surface area contributed by atoms with Gasteiger partial charge in [-0.1, -0.05) is 6.42 Å². The smallest absolute Gasteiger partial charge is 0.226 e. The van der Waals surface area contributed by atoms with Crippen LogP contribution in [0.3, 0.4) is 0 Å². The molecule has 27 heavy (non-hydrogen) atoms. The predicted octanol–water partition coefficient (Wildman–Crippen LogP) is 3.36. The maximum atomic E-state index is 9.01. The van der Waals surface area contributed by atoms with E-state index in [1.54, 1.807) is 10.9 Å². The van der Waals surface area contributed by atoms with Crippen LogP contribution in [-0.2, 0) is 4.74 Å². The number of fused-ring (bicyclic) bond motifs is 1. The first-order valence-electron chi connectivity index (χ1n) is 9.13. The summed E-state index contributed by atoms with van der Waals surface area (Å²) in [7, 11) is -1.85. The molecule has 0 spiro atoms. The fraction of sp³-hybridized carbons (Fsp3) is 0.688. The van der Waals surface area contributed by atoms with Crippen molar-refractivity contribution in [2.75, 3.05) is 23.1 Å². The highest BCUT2D eigenvalue weighted by Crippen LogP contribution is 2.35. The maximum Gasteiger partial charge on any atom is 0.226 e. The lowest BCUT2D eigenvalue weighted by atomic mass is 9.85. The number of thioether (sulfide) groups is 1. The van der Waals surface area contributed by atoms with Crippen molar-refractivity contribution in [3.05, 3.63) is 11.5 Å². The lowest BCUT2D eigenvalue weighted by Gasteiger charge is -2.25. The standard InChI is InChI=1S/C16H23ClN5O3PS/c17-16-20-14(18-6-10-2-1-3-10)12-7-19-22(15(12)21-16)13-5-4-11(25-13)8-27-9-26(23)24/h7,10-11,13,23-24H,1-6,8-9H2,(H,18,20,21). The van der Waals surface area contributed by atoms with Gasteiger partial charge in [0.05, 0.1) is 23.2 Å². The summed E-state index contributed by atoms with van der Waals surface area (Å²) in [4.78, 5) is 26.7. The number of anilines is 1. The molecule has 3 N–H and O–H groups in total. The number of nitrogens with zero attached hydrogens (tertiary/aromatic N) is 4. The van der Waals surface area contributed by atoms with Gasteiger partial charge in [-0.3, -0.25) is 0 Å². The molecule has 4 rings (SSSR count). The largest absolute Gasteiger partial charge is 0.369 e. The average molecular weight is 432 g/mol. The van der Waals surface area contributed by atoms with E-state index in [0.29, 0.717) is 17.1 Å². The van der Waals surface area contributed by atoms with E-state index in [0.717, 1.165) is 36.3 Å². The summed E-state index contributed by atoms with van der Waals surface area (Å²) in [5.74, 6) is 2.17. The van der Waals surface area contributed by atoms with Crippen molar-refractivity contribution in [1.82, 2.24) is 19.7 Å². The van der Waals surface area contributed by atoms with Gasteiger partial charge < -0.3 is 19.8 Å². The highest BCUT2D eigenvalue weighted by Gasteiger charge is 2.29. The molecule has 2 fully saturated rings. The van der Waals surface area contributed by atoms with Gasteiger partial charge >= 0.3 is 0 Å². The van der Waals surface area contributed by atoms with Crippen molar-refractivity contribution in [2.24, 2.45) is 5.92 Å². The van der Waals surface area contributed by atoms with Crippen molar-refractivity contribution >= 4 is 48.6 Å². The molecule has 2 aliphatic rings. The second-order valence-electron chi connectivity index (χ2n) is 7.01. The van der Waals surface area contributed by atoms with Crippen molar-refractivity contribution < 1.29 is 14.5 Å². The third kappa shape index (κ3) is 4.66. The molecule has 148 valence electrons. The minimum atomic E-state index is -1.85. The average Bonchev–Trinajstić information content (AvgIpc) is 3.19. The van der Waals surface area contributed by atoms with Crippen LogP contribution in [0.2, 0.25) is 5.28 Å². The third-order valence-corrected chi connectivity index (χ3v) is 7.51. The van der Waals surface area contributed by atoms with Gasteiger partial charge in [-0.25, -0.2) is 4.68 Å². The number of nitrogens with one attached hydrogen (secondary N) is 1. The first-order chi connectivity index (χ1) is 13.1. The molecular weight excluding hydrogens is 409 g/mol. The zero-order chi connectivity index (χ0) is 18.8. The Balaban J connectivity index is 1.45. The van der Waals surface area contributed by atoms with Crippen LogP contribution in [0.1, 0.15) is 38.3 Å². The van der Waals surface area contributed by atoms with Gasteiger partial charge in [0.25, 0.3) is 0 Å². The van der Waals surface area contributed by atoms with E-state index in [9.17, 15) is 0 Å². The van der Waals surface area contributed by atoms with E-state index in [2.05, 4.69) is 20.4 Å². The molecule has 8 nitrogen and oxygen atoms in total. The summed E-state index contributed by atoms with van der Waals surface area (Å²) in [5, 5.41) is 8.95. The van der Waals surface area contributed by atoms with Crippen LogP contribution in [0.25, 0.3) is 11.0 Å². The molecule has 0 aromatic carbocycles. The quantitative estimate of drug-likeness (QED) is 0.431. The van der Waals surface area contributed by atoms with E-state index in [1.807, 2.05) is 0 Å². The Hall–Kier alpha value is -0.700. The second-order valence-corrected chi connectivity index (χ2v) is 9.86. The zero-order valence-electron chi connectivity index (χ0n) is 14.8. The summed E-state index contributed by atoms with van der Waals surface area (Å²) in [6, 6.07) is 0. The van der Waals surface area contributed by atoms with Crippen molar-refractivity contribution in [2.45, 2.75) is 44.4 Å². The number of hydrogen-bond acceptors (Lipinski definition) is 8. The molecule has 3 heterocycles. The molecule has 1 saturated heterocycles. The summed E-state index contributed by atoms with van der Waals surface area (Å²) in [6.45, 7) is 0.894. The number of hydrogen-bond donors (Lipinski definition) is 3. The molecule has 0 radical (unpaired) electrons. The van der Waals surface area contributed by atoms with E-state index in [1.165, 1.54) is 31.0 Å². The molecule has 11 heteroatoms. The van der Waals surface area contributed by atoms with Gasteiger partial charge in [0.1, 0.15) is 5.82 Å². The Morgan fingerprint density at radius 1 is 1.30 bits per heavy atom. The van der Waals surface area contributed by atoms with E-state index < -0.39 is 8.38 Å². The highest BCUT2D eigenvalue weighted by molar-refractivity contribution is 8.03. The van der Waals surface area contributed by atoms with Crippen LogP contribution < -0.4 is 5.32 Å². The fourth-order valence-corrected chi connectivity index (χ4v) is 5.19. The van der Waals surface area contributed by atoms with Crippen LogP contribution in [0.4, 0.5) is 5.82 Å². The van der Waals surface area contributed by atoms with Gasteiger partial charge in [-0.05, 0) is 43.2 Å². The number of halogens is 1. The van der Waals surface area contributed by atoms with Gasteiger partial charge in [0.15, 0.2) is 20.3 Å². The topological polar surface area (TPSA) is 105 Å². The number of rotatable bonds is 8. The lowest BCUT2D eigenvalue weighted by Crippen LogP contribution is -2.21. The predicted molar refractivity (Wildman–Crippen MR) is 108 cm³/mol. The monoisotopic (exact) mass is 431 g/mol. The maximum absolute atomic E-state index is 9.01. The third-order valence-electron chi connectivity index (χ3n) is 5.08. The number of ether oxygens (including phenoxy) is 1. The summed E-state index contributed by atoms with van der Waals surface area (Å²) in [5.41, 5.74) is 1.03. The van der Waals surface area contributed by atoms with Gasteiger partial charge in [-0.2, -0.15) is 15.1 Å². The molecule has 2 unspecified atom stereocenters. The molecule has 1 aliphatic heterocycles. The Labute approximate surface area is 168 Å². The fourth-order valence-electron chi connectivity index (χ4n) is 3.44. The minimum absolute atomic E-state index is 0.0720. The van der Waals surface area contributed by atoms with Crippen LogP contribution in [-0.4, -0.2) is 53.4 Å². The molecule has 1 saturated carbocycles. The first kappa shape index (κ1) is 19.6. The van der Waals surface area contributed by atoms with Crippen LogP contribution in [0.15, 0.2) is 6.20 Å². The SMILES string of the molecule is OP(O)CSCC1CCC(n2ncc3c(NCC4CCC4)nc(Cl)nc32)O1. The summed E-state index contributed by atoms with van der Waals surface area (Å²) in [6.07, 6.45) is 7.22. The van der Waals surface area contributed by atoms with E-state index in [4.69, 9.17) is 26.1 Å². The Kier molecular flexibility index (Phi) is 6.36. The highest BCUT2D eigenvalue weighted by atomic mass is 35.5. The van der Waals surface area contributed by atoms with Crippen molar-refractivity contribution in [3.8, 4) is 0 Å². The van der Waals surface area contributed by atoms with E-state index in [-0.39, 0.29) is 17.6 Å². The molecule has 2 aromatic heterocycles. The summed E-state index contributed by atoms with van der Waals surface area (Å²) >= 11 is 7.66. The molecule has 0 amide bonds. The van der Waals surface area contributed by atoms with Gasteiger partial charge in [-0.15, -0.1) is 11.8 Å². The second kappa shape index (κ2) is 8.76. The molecular formula is C16H23ClN5O3PS. The Bertz CT molecular complexity index is 791. The van der Waals surface area contributed by atoms with Crippen LogP contribution in [0.5, 0.6) is 0 Å². The normalized spacial score (nSPS) is 23.3. The van der Waals surface area contributed by atoms with E-state index >= 15 is 0 Å². The van der Waals surface area contributed by atoms with Crippen LogP contribution in [0, 0.1) is 5.92 Å². The Morgan fingerprint density at radius 3 is 2.89 bits per heavy atom. The Morgan fingerprint density at radius 2 is 2.15 bits per heavy atom. The molecule has 2 atom stereocenters. The number of aromatic nitrogens is 4. The van der Waals surface area contributed by atoms with Gasteiger partial charge in [0.2, 0.25) is 5.28 Å². The lowest BCUT2D eigenvalue weighted by molar-refractivity contribution is 0.00787.